The van der Waals surface area contributed by atoms with Gasteiger partial charge in [-0.1, -0.05) is 6.08 Å². The van der Waals surface area contributed by atoms with E-state index in [1.807, 2.05) is 25.3 Å². The quantitative estimate of drug-likeness (QED) is 0.611. The summed E-state index contributed by atoms with van der Waals surface area (Å²) in [6, 6.07) is 1.98. The zero-order valence-corrected chi connectivity index (χ0v) is 11.9. The lowest BCUT2D eigenvalue weighted by atomic mass is 9.86. The fourth-order valence-electron chi connectivity index (χ4n) is 1.31. The summed E-state index contributed by atoms with van der Waals surface area (Å²) >= 11 is 5.09. The number of halogens is 1. The normalized spacial score (nSPS) is 14.2. The second kappa shape index (κ2) is 5.64. The number of carbonyl (C=O) groups excluding carboxylic acids is 1. The van der Waals surface area contributed by atoms with Crippen molar-refractivity contribution in [1.82, 2.24) is 0 Å². The first-order chi connectivity index (χ1) is 7.53. The number of hydrogen-bond donors (Lipinski definition) is 0. The Morgan fingerprint density at radius 1 is 1.75 bits per heavy atom. The molecule has 2 nitrogen and oxygen atoms in total. The zero-order chi connectivity index (χ0) is 12.2. The maximum absolute atomic E-state index is 11.8. The Morgan fingerprint density at radius 3 is 2.88 bits per heavy atom. The summed E-state index contributed by atoms with van der Waals surface area (Å²) in [6.45, 7) is 7.79. The molecule has 88 valence electrons. The van der Waals surface area contributed by atoms with Crippen molar-refractivity contribution >= 4 is 33.2 Å². The van der Waals surface area contributed by atoms with Crippen LogP contribution in [0.4, 0.5) is 0 Å². The Morgan fingerprint density at radius 2 is 2.44 bits per heavy atom. The monoisotopic (exact) mass is 302 g/mol. The van der Waals surface area contributed by atoms with Crippen LogP contribution in [-0.2, 0) is 16.0 Å². The summed E-state index contributed by atoms with van der Waals surface area (Å²) in [5.74, 6) is -0.217. The molecule has 1 aromatic heterocycles. The number of hydrogen-bond acceptors (Lipinski definition) is 3. The Hall–Kier alpha value is -0.610. The van der Waals surface area contributed by atoms with Crippen molar-refractivity contribution in [2.45, 2.75) is 20.3 Å². The van der Waals surface area contributed by atoms with Gasteiger partial charge in [-0.2, -0.15) is 0 Å². The van der Waals surface area contributed by atoms with E-state index in [1.165, 1.54) is 0 Å². The van der Waals surface area contributed by atoms with Crippen LogP contribution in [0.15, 0.2) is 28.6 Å². The van der Waals surface area contributed by atoms with Crippen molar-refractivity contribution in [1.29, 1.82) is 0 Å². The molecule has 1 rings (SSSR count). The van der Waals surface area contributed by atoms with Crippen LogP contribution in [0.1, 0.15) is 18.7 Å². The second-order valence-corrected chi connectivity index (χ2v) is 5.57. The largest absolute Gasteiger partial charge is 0.465 e. The average molecular weight is 303 g/mol. The Labute approximate surface area is 108 Å². The third-order valence-corrected chi connectivity index (χ3v) is 4.34. The molecule has 0 aliphatic rings. The molecule has 0 saturated heterocycles. The smallest absolute Gasteiger partial charge is 0.315 e. The van der Waals surface area contributed by atoms with Crippen LogP contribution in [0, 0.1) is 5.41 Å². The van der Waals surface area contributed by atoms with Gasteiger partial charge in [0, 0.05) is 15.8 Å². The zero-order valence-electron chi connectivity index (χ0n) is 9.46. The summed E-state index contributed by atoms with van der Waals surface area (Å²) in [6.07, 6.45) is 2.28. The van der Waals surface area contributed by atoms with Gasteiger partial charge < -0.3 is 4.74 Å². The van der Waals surface area contributed by atoms with Crippen molar-refractivity contribution < 1.29 is 9.53 Å². The van der Waals surface area contributed by atoms with Gasteiger partial charge in [0.25, 0.3) is 0 Å². The van der Waals surface area contributed by atoms with E-state index in [0.29, 0.717) is 13.0 Å². The minimum atomic E-state index is -0.649. The summed E-state index contributed by atoms with van der Waals surface area (Å²) in [4.78, 5) is 13.0. The number of thiophene rings is 1. The third-order valence-electron chi connectivity index (χ3n) is 2.41. The molecule has 0 saturated carbocycles. The SMILES string of the molecule is C=CC(C)(Cc1sccc1Br)C(=O)OCC. The minimum absolute atomic E-state index is 0.217. The first kappa shape index (κ1) is 13.5. The van der Waals surface area contributed by atoms with Crippen molar-refractivity contribution in [2.24, 2.45) is 5.41 Å². The van der Waals surface area contributed by atoms with Gasteiger partial charge in [-0.3, -0.25) is 4.79 Å². The van der Waals surface area contributed by atoms with Crippen molar-refractivity contribution in [3.63, 3.8) is 0 Å². The molecule has 4 heteroatoms. The van der Waals surface area contributed by atoms with Crippen molar-refractivity contribution in [2.75, 3.05) is 6.61 Å². The Kier molecular flexibility index (Phi) is 4.74. The van der Waals surface area contributed by atoms with Crippen LogP contribution >= 0.6 is 27.3 Å². The van der Waals surface area contributed by atoms with Gasteiger partial charge in [-0.25, -0.2) is 0 Å². The predicted molar refractivity (Wildman–Crippen MR) is 70.7 cm³/mol. The van der Waals surface area contributed by atoms with Gasteiger partial charge in [-0.05, 0) is 41.2 Å². The van der Waals surface area contributed by atoms with Gasteiger partial charge in [-0.15, -0.1) is 17.9 Å². The highest BCUT2D eigenvalue weighted by Crippen LogP contribution is 2.32. The van der Waals surface area contributed by atoms with E-state index in [1.54, 1.807) is 17.4 Å². The van der Waals surface area contributed by atoms with Crippen LogP contribution in [0.3, 0.4) is 0 Å². The highest BCUT2D eigenvalue weighted by molar-refractivity contribution is 9.10. The molecule has 1 heterocycles. The molecule has 16 heavy (non-hydrogen) atoms. The van der Waals surface area contributed by atoms with E-state index in [9.17, 15) is 4.79 Å². The van der Waals surface area contributed by atoms with Crippen LogP contribution in [0.5, 0.6) is 0 Å². The molecule has 0 spiro atoms. The van der Waals surface area contributed by atoms with Gasteiger partial charge in [0.1, 0.15) is 0 Å². The van der Waals surface area contributed by atoms with Gasteiger partial charge in [0.2, 0.25) is 0 Å². The number of carbonyl (C=O) groups is 1. The fourth-order valence-corrected chi connectivity index (χ4v) is 2.97. The van der Waals surface area contributed by atoms with Crippen LogP contribution < -0.4 is 0 Å². The molecule has 0 radical (unpaired) electrons. The van der Waals surface area contributed by atoms with Crippen LogP contribution in [0.2, 0.25) is 0 Å². The first-order valence-electron chi connectivity index (χ1n) is 5.06. The summed E-state index contributed by atoms with van der Waals surface area (Å²) in [5.41, 5.74) is -0.649. The molecule has 1 unspecified atom stereocenters. The molecule has 0 aliphatic heterocycles. The van der Waals surface area contributed by atoms with Crippen LogP contribution in [0.25, 0.3) is 0 Å². The number of rotatable bonds is 5. The molecular weight excluding hydrogens is 288 g/mol. The van der Waals surface area contributed by atoms with Gasteiger partial charge in [0.15, 0.2) is 0 Å². The highest BCUT2D eigenvalue weighted by atomic mass is 79.9. The molecule has 0 amide bonds. The van der Waals surface area contributed by atoms with Gasteiger partial charge in [0.05, 0.1) is 12.0 Å². The molecule has 0 bridgehead atoms. The topological polar surface area (TPSA) is 26.3 Å². The van der Waals surface area contributed by atoms with Crippen molar-refractivity contribution in [3.8, 4) is 0 Å². The maximum atomic E-state index is 11.8. The van der Waals surface area contributed by atoms with E-state index in [4.69, 9.17) is 4.74 Å². The van der Waals surface area contributed by atoms with Crippen LogP contribution in [-0.4, -0.2) is 12.6 Å². The predicted octanol–water partition coefficient (Wildman–Crippen LogP) is 3.81. The van der Waals surface area contributed by atoms with E-state index in [0.717, 1.165) is 9.35 Å². The number of ether oxygens (including phenoxy) is 1. The fraction of sp³-hybridized carbons (Fsp3) is 0.417. The molecule has 0 fully saturated rings. The first-order valence-corrected chi connectivity index (χ1v) is 6.73. The summed E-state index contributed by atoms with van der Waals surface area (Å²) in [7, 11) is 0. The second-order valence-electron chi connectivity index (χ2n) is 3.71. The summed E-state index contributed by atoms with van der Waals surface area (Å²) < 4.78 is 6.10. The standard InChI is InChI=1S/C12H15BrO2S/c1-4-12(3,11(14)15-5-2)8-10-9(13)6-7-16-10/h4,6-7H,1,5,8H2,2-3H3. The minimum Gasteiger partial charge on any atom is -0.465 e. The molecular formula is C12H15BrO2S. The lowest BCUT2D eigenvalue weighted by molar-refractivity contribution is -0.151. The van der Waals surface area contributed by atoms with E-state index >= 15 is 0 Å². The summed E-state index contributed by atoms with van der Waals surface area (Å²) in [5, 5.41) is 1.99. The Balaban J connectivity index is 2.86. The molecule has 0 aliphatic carbocycles. The molecule has 0 N–H and O–H groups in total. The lowest BCUT2D eigenvalue weighted by Crippen LogP contribution is -2.29. The molecule has 1 aromatic rings. The average Bonchev–Trinajstić information content (AvgIpc) is 2.64. The lowest BCUT2D eigenvalue weighted by Gasteiger charge is -2.22. The molecule has 1 atom stereocenters. The third kappa shape index (κ3) is 2.95. The van der Waals surface area contributed by atoms with Gasteiger partial charge >= 0.3 is 5.97 Å². The Bertz CT molecular complexity index is 386. The van der Waals surface area contributed by atoms with E-state index in [2.05, 4.69) is 22.5 Å². The van der Waals surface area contributed by atoms with E-state index < -0.39 is 5.41 Å². The number of esters is 1. The van der Waals surface area contributed by atoms with E-state index in [-0.39, 0.29) is 5.97 Å². The highest BCUT2D eigenvalue weighted by Gasteiger charge is 2.32. The van der Waals surface area contributed by atoms with Crippen molar-refractivity contribution in [3.05, 3.63) is 33.5 Å². The maximum Gasteiger partial charge on any atom is 0.315 e. The molecule has 0 aromatic carbocycles.